The van der Waals surface area contributed by atoms with Crippen LogP contribution in [-0.2, 0) is 15.1 Å². The second-order valence-corrected chi connectivity index (χ2v) is 5.25. The van der Waals surface area contributed by atoms with Gasteiger partial charge in [-0.3, -0.25) is 0 Å². The number of carboxylic acids is 1. The summed E-state index contributed by atoms with van der Waals surface area (Å²) in [6.07, 6.45) is -6.31. The van der Waals surface area contributed by atoms with E-state index in [0.717, 1.165) is 0 Å². The van der Waals surface area contributed by atoms with Gasteiger partial charge in [-0.15, -0.1) is 0 Å². The van der Waals surface area contributed by atoms with E-state index in [1.165, 1.54) is 6.20 Å². The van der Waals surface area contributed by atoms with E-state index in [4.69, 9.17) is 4.74 Å². The SMILES string of the molecule is O=C(O)[C@H]1O[C@@H](O)[C@H](O)[C@@H](O)[C@@]1(O)c1c[nH]c2ccccc12.[H-].[Na+]. The maximum Gasteiger partial charge on any atom is 1.00 e. The van der Waals surface area contributed by atoms with Crippen LogP contribution in [0.2, 0.25) is 0 Å². The van der Waals surface area contributed by atoms with Gasteiger partial charge in [0.1, 0.15) is 12.2 Å². The average molecular weight is 333 g/mol. The fourth-order valence-corrected chi connectivity index (χ4v) is 2.84. The molecule has 5 atom stereocenters. The molecule has 1 aromatic carbocycles. The molecule has 0 radical (unpaired) electrons. The third kappa shape index (κ3) is 2.71. The molecule has 1 aliphatic heterocycles. The molecule has 0 saturated carbocycles. The van der Waals surface area contributed by atoms with E-state index in [-0.39, 0.29) is 36.5 Å². The van der Waals surface area contributed by atoms with Crippen molar-refractivity contribution in [3.63, 3.8) is 0 Å². The molecule has 1 fully saturated rings. The average Bonchev–Trinajstić information content (AvgIpc) is 2.93. The fourth-order valence-electron chi connectivity index (χ4n) is 2.84. The molecule has 0 bridgehead atoms. The second-order valence-electron chi connectivity index (χ2n) is 5.25. The molecular formula is C14H16NNaO7. The molecule has 0 amide bonds. The minimum absolute atomic E-state index is 0. The Morgan fingerprint density at radius 1 is 1.26 bits per heavy atom. The quantitative estimate of drug-likeness (QED) is 0.307. The number of hydrogen-bond acceptors (Lipinski definition) is 6. The number of aromatic nitrogens is 1. The van der Waals surface area contributed by atoms with Crippen LogP contribution < -0.4 is 29.6 Å². The number of para-hydroxylation sites is 1. The number of aliphatic carboxylic acids is 1. The third-order valence-electron chi connectivity index (χ3n) is 3.99. The van der Waals surface area contributed by atoms with Crippen LogP contribution in [0.25, 0.3) is 10.9 Å². The number of benzene rings is 1. The first kappa shape index (κ1) is 18.4. The van der Waals surface area contributed by atoms with Crippen molar-refractivity contribution in [1.82, 2.24) is 4.98 Å². The molecule has 8 nitrogen and oxygen atoms in total. The Morgan fingerprint density at radius 2 is 1.91 bits per heavy atom. The van der Waals surface area contributed by atoms with Crippen molar-refractivity contribution >= 4 is 16.9 Å². The minimum Gasteiger partial charge on any atom is -1.00 e. The van der Waals surface area contributed by atoms with Crippen molar-refractivity contribution in [2.45, 2.75) is 30.2 Å². The molecule has 0 unspecified atom stereocenters. The number of H-pyrrole nitrogens is 1. The number of ether oxygens (including phenoxy) is 1. The molecular weight excluding hydrogens is 317 g/mol. The summed E-state index contributed by atoms with van der Waals surface area (Å²) in [5.41, 5.74) is -1.75. The van der Waals surface area contributed by atoms with Crippen LogP contribution in [0.4, 0.5) is 0 Å². The van der Waals surface area contributed by atoms with Crippen molar-refractivity contribution in [3.8, 4) is 0 Å². The fraction of sp³-hybridized carbons (Fsp3) is 0.357. The van der Waals surface area contributed by atoms with Gasteiger partial charge in [0.15, 0.2) is 18.0 Å². The minimum atomic E-state index is -2.43. The summed E-state index contributed by atoms with van der Waals surface area (Å²) < 4.78 is 4.80. The van der Waals surface area contributed by atoms with E-state index >= 15 is 0 Å². The topological polar surface area (TPSA) is 143 Å². The number of carboxylic acid groups (broad SMARTS) is 1. The second kappa shape index (κ2) is 6.50. The van der Waals surface area contributed by atoms with Crippen molar-refractivity contribution in [2.24, 2.45) is 0 Å². The zero-order chi connectivity index (χ0) is 16.1. The molecule has 1 saturated heterocycles. The maximum atomic E-state index is 11.4. The van der Waals surface area contributed by atoms with E-state index in [2.05, 4.69) is 4.98 Å². The molecule has 3 rings (SSSR count). The summed E-state index contributed by atoms with van der Waals surface area (Å²) >= 11 is 0. The van der Waals surface area contributed by atoms with Gasteiger partial charge in [-0.2, -0.15) is 0 Å². The van der Waals surface area contributed by atoms with Crippen LogP contribution in [0.3, 0.4) is 0 Å². The predicted octanol–water partition coefficient (Wildman–Crippen LogP) is -4.00. The van der Waals surface area contributed by atoms with Gasteiger partial charge in [0.25, 0.3) is 0 Å². The molecule has 2 heterocycles. The Labute approximate surface area is 154 Å². The van der Waals surface area contributed by atoms with Gasteiger partial charge in [-0.25, -0.2) is 4.79 Å². The van der Waals surface area contributed by atoms with E-state index in [1.54, 1.807) is 24.3 Å². The summed E-state index contributed by atoms with van der Waals surface area (Å²) in [5.74, 6) is -1.57. The Hall–Kier alpha value is -0.970. The van der Waals surface area contributed by atoms with Gasteiger partial charge < -0.3 is 36.7 Å². The zero-order valence-electron chi connectivity index (χ0n) is 13.2. The summed E-state index contributed by atoms with van der Waals surface area (Å²) in [7, 11) is 0. The van der Waals surface area contributed by atoms with Crippen LogP contribution in [0.5, 0.6) is 0 Å². The van der Waals surface area contributed by atoms with Crippen molar-refractivity contribution < 1.29 is 66.0 Å². The third-order valence-corrected chi connectivity index (χ3v) is 3.99. The number of aliphatic hydroxyl groups is 4. The molecule has 6 N–H and O–H groups in total. The number of aliphatic hydroxyl groups excluding tert-OH is 3. The van der Waals surface area contributed by atoms with E-state index in [0.29, 0.717) is 10.9 Å². The molecule has 1 aliphatic rings. The van der Waals surface area contributed by atoms with E-state index in [9.17, 15) is 30.3 Å². The normalized spacial score (nSPS) is 34.1. The van der Waals surface area contributed by atoms with Crippen LogP contribution in [0.1, 0.15) is 6.99 Å². The van der Waals surface area contributed by atoms with Crippen molar-refractivity contribution in [3.05, 3.63) is 36.0 Å². The number of rotatable bonds is 2. The molecule has 23 heavy (non-hydrogen) atoms. The monoisotopic (exact) mass is 333 g/mol. The number of carbonyl (C=O) groups is 1. The molecule has 9 heteroatoms. The molecule has 2 aromatic rings. The Morgan fingerprint density at radius 3 is 2.57 bits per heavy atom. The molecule has 0 spiro atoms. The Balaban J connectivity index is 0.00000144. The van der Waals surface area contributed by atoms with Gasteiger partial charge >= 0.3 is 35.5 Å². The number of fused-ring (bicyclic) bond motifs is 1. The van der Waals surface area contributed by atoms with Crippen LogP contribution in [-0.4, -0.2) is 61.1 Å². The van der Waals surface area contributed by atoms with E-state index < -0.39 is 36.2 Å². The van der Waals surface area contributed by atoms with Crippen LogP contribution in [0.15, 0.2) is 30.5 Å². The maximum absolute atomic E-state index is 11.4. The first-order valence-electron chi connectivity index (χ1n) is 6.58. The molecule has 1 aromatic heterocycles. The number of hydrogen-bond donors (Lipinski definition) is 6. The smallest absolute Gasteiger partial charge is 1.00 e. The zero-order valence-corrected chi connectivity index (χ0v) is 14.2. The van der Waals surface area contributed by atoms with Crippen molar-refractivity contribution in [2.75, 3.05) is 0 Å². The summed E-state index contributed by atoms with van der Waals surface area (Å²) in [6.45, 7) is 0. The predicted molar refractivity (Wildman–Crippen MR) is 73.8 cm³/mol. The largest absolute Gasteiger partial charge is 1.00 e. The first-order valence-corrected chi connectivity index (χ1v) is 6.58. The van der Waals surface area contributed by atoms with Crippen molar-refractivity contribution in [1.29, 1.82) is 0 Å². The summed E-state index contributed by atoms with van der Waals surface area (Å²) in [6, 6.07) is 6.76. The van der Waals surface area contributed by atoms with Gasteiger partial charge in [0, 0.05) is 22.7 Å². The van der Waals surface area contributed by atoms with E-state index in [1.807, 2.05) is 0 Å². The van der Waals surface area contributed by atoms with Gasteiger partial charge in [0.05, 0.1) is 0 Å². The van der Waals surface area contributed by atoms with Gasteiger partial charge in [-0.1, -0.05) is 18.2 Å². The van der Waals surface area contributed by atoms with Gasteiger partial charge in [-0.05, 0) is 6.07 Å². The molecule has 120 valence electrons. The standard InChI is InChI=1S/C14H15NO7.Na.H/c16-9-10(17)14(21,11(12(18)19)22-13(9)20)7-5-15-8-4-2-1-3-6(7)8;;/h1-5,9-11,13,15-17,20-21H,(H,18,19);;/q;+1;-1/t9-,10-,11-,13-,14+;;/m1../s1. The summed E-state index contributed by atoms with van der Waals surface area (Å²) in [4.78, 5) is 14.3. The van der Waals surface area contributed by atoms with Crippen LogP contribution in [0, 0.1) is 0 Å². The molecule has 0 aliphatic carbocycles. The van der Waals surface area contributed by atoms with Gasteiger partial charge in [0.2, 0.25) is 0 Å². The van der Waals surface area contributed by atoms with Crippen LogP contribution >= 0.6 is 0 Å². The Bertz CT molecular complexity index is 726. The number of aromatic amines is 1. The Kier molecular flexibility index (Phi) is 5.19. The summed E-state index contributed by atoms with van der Waals surface area (Å²) in [5, 5.41) is 50.1. The number of nitrogens with one attached hydrogen (secondary N) is 1. The first-order chi connectivity index (χ1) is 10.4.